The third kappa shape index (κ3) is 3.98. The molecule has 2 atom stereocenters. The summed E-state index contributed by atoms with van der Waals surface area (Å²) in [5, 5.41) is 20.8. The minimum absolute atomic E-state index is 0.0153. The van der Waals surface area contributed by atoms with Crippen molar-refractivity contribution in [2.45, 2.75) is 18.7 Å². The fraction of sp³-hybridized carbons (Fsp3) is 0.364. The van der Waals surface area contributed by atoms with E-state index in [4.69, 9.17) is 10.8 Å². The molecule has 1 aromatic rings. The second-order valence-electron chi connectivity index (χ2n) is 3.50. The van der Waals surface area contributed by atoms with Crippen LogP contribution in [0.3, 0.4) is 0 Å². The molecule has 0 aliphatic carbocycles. The molecule has 5 heteroatoms. The highest BCUT2D eigenvalue weighted by Gasteiger charge is 2.19. The van der Waals surface area contributed by atoms with Gasteiger partial charge in [0.1, 0.15) is 12.3 Å². The molecule has 0 saturated heterocycles. The maximum Gasteiger partial charge on any atom is 0.321 e. The summed E-state index contributed by atoms with van der Waals surface area (Å²) in [5.41, 5.74) is 6.10. The first-order chi connectivity index (χ1) is 7.63. The number of aliphatic hydroxyl groups excluding tert-OH is 1. The minimum atomic E-state index is -1.00. The van der Waals surface area contributed by atoms with Gasteiger partial charge in [0.25, 0.3) is 0 Å². The zero-order valence-corrected chi connectivity index (χ0v) is 8.84. The molecule has 16 heavy (non-hydrogen) atoms. The Morgan fingerprint density at radius 1 is 1.38 bits per heavy atom. The average molecular weight is 224 g/mol. The van der Waals surface area contributed by atoms with E-state index in [1.165, 1.54) is 0 Å². The van der Waals surface area contributed by atoms with E-state index in [1.54, 1.807) is 0 Å². The molecule has 0 saturated carbocycles. The molecule has 0 bridgehead atoms. The van der Waals surface area contributed by atoms with E-state index in [9.17, 15) is 9.90 Å². The Kier molecular flexibility index (Phi) is 4.91. The Morgan fingerprint density at radius 2 is 2.00 bits per heavy atom. The largest absolute Gasteiger partial charge is 0.480 e. The number of aliphatic hydroxyl groups is 1. The van der Waals surface area contributed by atoms with Crippen LogP contribution in [0.4, 0.5) is 0 Å². The first-order valence-corrected chi connectivity index (χ1v) is 5.04. The van der Waals surface area contributed by atoms with Crippen molar-refractivity contribution in [2.75, 3.05) is 6.54 Å². The molecule has 0 aliphatic heterocycles. The quantitative estimate of drug-likeness (QED) is 0.491. The van der Waals surface area contributed by atoms with Gasteiger partial charge in [-0.3, -0.25) is 10.1 Å². The highest BCUT2D eigenvalue weighted by Crippen LogP contribution is 2.03. The summed E-state index contributed by atoms with van der Waals surface area (Å²) in [6, 6.07) is 8.39. The van der Waals surface area contributed by atoms with E-state index in [1.807, 2.05) is 30.3 Å². The highest BCUT2D eigenvalue weighted by atomic mass is 16.4. The summed E-state index contributed by atoms with van der Waals surface area (Å²) in [6.45, 7) is -0.0153. The first-order valence-electron chi connectivity index (χ1n) is 5.04. The zero-order chi connectivity index (χ0) is 12.0. The van der Waals surface area contributed by atoms with E-state index in [0.717, 1.165) is 5.56 Å². The van der Waals surface area contributed by atoms with Crippen molar-refractivity contribution in [3.05, 3.63) is 35.9 Å². The topological polar surface area (TPSA) is 95.6 Å². The van der Waals surface area contributed by atoms with Gasteiger partial charge < -0.3 is 15.9 Å². The van der Waals surface area contributed by atoms with Crippen LogP contribution in [-0.4, -0.2) is 35.0 Å². The second kappa shape index (κ2) is 6.22. The van der Waals surface area contributed by atoms with E-state index in [2.05, 4.69) is 5.32 Å². The zero-order valence-electron chi connectivity index (χ0n) is 8.84. The van der Waals surface area contributed by atoms with Crippen LogP contribution in [0, 0.1) is 0 Å². The highest BCUT2D eigenvalue weighted by molar-refractivity contribution is 5.73. The maximum absolute atomic E-state index is 10.9. The van der Waals surface area contributed by atoms with Crippen molar-refractivity contribution < 1.29 is 15.0 Å². The van der Waals surface area contributed by atoms with Gasteiger partial charge in [-0.15, -0.1) is 0 Å². The molecule has 1 unspecified atom stereocenters. The number of aliphatic carboxylic acids is 1. The molecule has 5 nitrogen and oxygen atoms in total. The van der Waals surface area contributed by atoms with Crippen LogP contribution in [0.2, 0.25) is 0 Å². The van der Waals surface area contributed by atoms with Crippen molar-refractivity contribution in [3.8, 4) is 0 Å². The van der Waals surface area contributed by atoms with Crippen molar-refractivity contribution in [1.29, 1.82) is 0 Å². The summed E-state index contributed by atoms with van der Waals surface area (Å²) in [5.74, 6) is -1.00. The summed E-state index contributed by atoms with van der Waals surface area (Å²) in [6.07, 6.45) is -0.683. The molecule has 88 valence electrons. The van der Waals surface area contributed by atoms with Gasteiger partial charge in [-0.1, -0.05) is 30.3 Å². The Hall–Kier alpha value is -1.43. The van der Waals surface area contributed by atoms with Gasteiger partial charge in [-0.25, -0.2) is 0 Å². The maximum atomic E-state index is 10.9. The Labute approximate surface area is 93.9 Å². The number of benzene rings is 1. The van der Waals surface area contributed by atoms with Crippen molar-refractivity contribution in [1.82, 2.24) is 5.32 Å². The molecule has 0 heterocycles. The monoisotopic (exact) mass is 224 g/mol. The lowest BCUT2D eigenvalue weighted by molar-refractivity contribution is -0.140. The van der Waals surface area contributed by atoms with Crippen LogP contribution in [0.15, 0.2) is 30.3 Å². The van der Waals surface area contributed by atoms with Crippen molar-refractivity contribution >= 4 is 5.97 Å². The molecule has 0 spiro atoms. The normalized spacial score (nSPS) is 14.4. The lowest BCUT2D eigenvalue weighted by Gasteiger charge is -2.18. The van der Waals surface area contributed by atoms with E-state index < -0.39 is 18.2 Å². The van der Waals surface area contributed by atoms with Crippen LogP contribution in [-0.2, 0) is 11.2 Å². The lowest BCUT2D eigenvalue weighted by atomic mass is 10.1. The Balaban J connectivity index is 2.62. The third-order valence-corrected chi connectivity index (χ3v) is 2.20. The summed E-state index contributed by atoms with van der Waals surface area (Å²) in [7, 11) is 0. The number of hydrogen-bond acceptors (Lipinski definition) is 4. The van der Waals surface area contributed by atoms with E-state index in [0.29, 0.717) is 6.42 Å². The van der Waals surface area contributed by atoms with Crippen molar-refractivity contribution in [3.63, 3.8) is 0 Å². The van der Waals surface area contributed by atoms with Gasteiger partial charge in [0.15, 0.2) is 0 Å². The number of nitrogens with one attached hydrogen (secondary N) is 1. The van der Waals surface area contributed by atoms with Crippen LogP contribution < -0.4 is 11.1 Å². The molecule has 5 N–H and O–H groups in total. The second-order valence-corrected chi connectivity index (χ2v) is 3.50. The standard InChI is InChI=1S/C11H16N2O3/c12-7-10(14)13-9(11(15)16)6-8-4-2-1-3-5-8/h1-5,9-10,13-14H,6-7,12H2,(H,15,16)/t9-,10?/m1/s1. The number of carboxylic acid groups (broad SMARTS) is 1. The van der Waals surface area contributed by atoms with Gasteiger partial charge >= 0.3 is 5.97 Å². The number of hydrogen-bond donors (Lipinski definition) is 4. The summed E-state index contributed by atoms with van der Waals surface area (Å²) in [4.78, 5) is 10.9. The Bertz CT molecular complexity index is 329. The molecule has 0 aliphatic rings. The minimum Gasteiger partial charge on any atom is -0.480 e. The van der Waals surface area contributed by atoms with Crippen LogP contribution in [0.1, 0.15) is 5.56 Å². The van der Waals surface area contributed by atoms with Crippen molar-refractivity contribution in [2.24, 2.45) is 5.73 Å². The number of rotatable bonds is 6. The van der Waals surface area contributed by atoms with Gasteiger partial charge in [-0.2, -0.15) is 0 Å². The molecule has 0 fully saturated rings. The molecular weight excluding hydrogens is 208 g/mol. The fourth-order valence-corrected chi connectivity index (χ4v) is 1.37. The average Bonchev–Trinajstić information content (AvgIpc) is 2.29. The number of nitrogens with two attached hydrogens (primary N) is 1. The van der Waals surface area contributed by atoms with Gasteiger partial charge in [-0.05, 0) is 12.0 Å². The predicted molar refractivity (Wildman–Crippen MR) is 59.8 cm³/mol. The summed E-state index contributed by atoms with van der Waals surface area (Å²) < 4.78 is 0. The molecule has 0 radical (unpaired) electrons. The van der Waals surface area contributed by atoms with Gasteiger partial charge in [0.05, 0.1) is 0 Å². The van der Waals surface area contributed by atoms with Gasteiger partial charge in [0, 0.05) is 6.54 Å². The number of carboxylic acids is 1. The molecule has 0 amide bonds. The molecular formula is C11H16N2O3. The van der Waals surface area contributed by atoms with Crippen LogP contribution in [0.5, 0.6) is 0 Å². The van der Waals surface area contributed by atoms with Gasteiger partial charge in [0.2, 0.25) is 0 Å². The summed E-state index contributed by atoms with van der Waals surface area (Å²) >= 11 is 0. The Morgan fingerprint density at radius 3 is 2.50 bits per heavy atom. The van der Waals surface area contributed by atoms with E-state index >= 15 is 0 Å². The third-order valence-electron chi connectivity index (χ3n) is 2.20. The molecule has 1 rings (SSSR count). The predicted octanol–water partition coefficient (Wildman–Crippen LogP) is -0.451. The van der Waals surface area contributed by atoms with E-state index in [-0.39, 0.29) is 6.54 Å². The fourth-order valence-electron chi connectivity index (χ4n) is 1.37. The number of carbonyl (C=O) groups is 1. The molecule has 1 aromatic carbocycles. The smallest absolute Gasteiger partial charge is 0.321 e. The van der Waals surface area contributed by atoms with Crippen LogP contribution in [0.25, 0.3) is 0 Å². The SMILES string of the molecule is NCC(O)N[C@H](Cc1ccccc1)C(=O)O. The van der Waals surface area contributed by atoms with Crippen LogP contribution >= 0.6 is 0 Å². The molecule has 0 aromatic heterocycles. The first kappa shape index (κ1) is 12.6. The lowest BCUT2D eigenvalue weighted by Crippen LogP contribution is -2.47.